The van der Waals surface area contributed by atoms with Gasteiger partial charge in [-0.2, -0.15) is 0 Å². The van der Waals surface area contributed by atoms with Crippen molar-refractivity contribution in [2.75, 3.05) is 22.5 Å². The monoisotopic (exact) mass is 504 g/mol. The minimum Gasteiger partial charge on any atom is -0.462 e. The third kappa shape index (κ3) is 6.33. The largest absolute Gasteiger partial charge is 0.462 e. The van der Waals surface area contributed by atoms with Gasteiger partial charge in [-0.05, 0) is 67.1 Å². The molecule has 0 unspecified atom stereocenters. The van der Waals surface area contributed by atoms with Crippen LogP contribution in [0.4, 0.5) is 15.8 Å². The molecule has 0 spiro atoms. The molecule has 178 valence electrons. The molecule has 0 aromatic heterocycles. The molecule has 0 aliphatic heterocycles. The van der Waals surface area contributed by atoms with Gasteiger partial charge < -0.3 is 10.1 Å². The van der Waals surface area contributed by atoms with Crippen LogP contribution in [0.3, 0.4) is 0 Å². The lowest BCUT2D eigenvalue weighted by molar-refractivity contribution is 0.0526. The molecule has 10 heteroatoms. The van der Waals surface area contributed by atoms with Crippen LogP contribution < -0.4 is 9.62 Å². The zero-order valence-corrected chi connectivity index (χ0v) is 20.0. The van der Waals surface area contributed by atoms with Crippen molar-refractivity contribution in [2.24, 2.45) is 0 Å². The second kappa shape index (κ2) is 10.7. The molecule has 3 aromatic rings. The number of nitrogens with one attached hydrogen (secondary N) is 1. The van der Waals surface area contributed by atoms with Gasteiger partial charge >= 0.3 is 5.97 Å². The second-order valence-electron chi connectivity index (χ2n) is 7.31. The summed E-state index contributed by atoms with van der Waals surface area (Å²) in [6.45, 7) is 1.91. The number of amides is 1. The van der Waals surface area contributed by atoms with Crippen LogP contribution in [0.15, 0.2) is 66.7 Å². The van der Waals surface area contributed by atoms with E-state index >= 15 is 0 Å². The van der Waals surface area contributed by atoms with E-state index in [1.54, 1.807) is 6.92 Å². The smallest absolute Gasteiger partial charge is 0.339 e. The number of carbonyl (C=O) groups is 2. The summed E-state index contributed by atoms with van der Waals surface area (Å²) in [5.41, 5.74) is 1.81. The van der Waals surface area contributed by atoms with Gasteiger partial charge in [-0.15, -0.1) is 0 Å². The molecule has 0 saturated heterocycles. The first-order chi connectivity index (χ1) is 16.1. The predicted octanol–water partition coefficient (Wildman–Crippen LogP) is 4.87. The average molecular weight is 505 g/mol. The molecule has 3 rings (SSSR count). The standard InChI is InChI=1S/C24H22ClFN2O5S/c1-3-33-24(30)21-13-10-19(14-22(21)25)27-23(29)17-6-11-20(12-7-17)28(34(2,31)32)15-16-4-8-18(26)9-5-16/h4-14H,3,15H2,1-2H3,(H,27,29). The third-order valence-corrected chi connectivity index (χ3v) is 6.23. The topological polar surface area (TPSA) is 92.8 Å². The number of anilines is 2. The number of carbonyl (C=O) groups excluding carboxylic acids is 2. The van der Waals surface area contributed by atoms with Crippen LogP contribution in [0, 0.1) is 5.82 Å². The quantitative estimate of drug-likeness (QED) is 0.442. The van der Waals surface area contributed by atoms with E-state index < -0.39 is 27.7 Å². The zero-order valence-electron chi connectivity index (χ0n) is 18.4. The molecule has 0 radical (unpaired) electrons. The highest BCUT2D eigenvalue weighted by atomic mass is 35.5. The van der Waals surface area contributed by atoms with Crippen molar-refractivity contribution in [3.8, 4) is 0 Å². The molecule has 34 heavy (non-hydrogen) atoms. The molecule has 0 heterocycles. The van der Waals surface area contributed by atoms with Crippen molar-refractivity contribution in [3.63, 3.8) is 0 Å². The van der Waals surface area contributed by atoms with Gasteiger partial charge in [0.2, 0.25) is 10.0 Å². The van der Waals surface area contributed by atoms with Gasteiger partial charge in [-0.1, -0.05) is 23.7 Å². The van der Waals surface area contributed by atoms with Gasteiger partial charge in [0.25, 0.3) is 5.91 Å². The summed E-state index contributed by atoms with van der Waals surface area (Å²) in [7, 11) is -3.64. The summed E-state index contributed by atoms with van der Waals surface area (Å²) in [6, 6.07) is 16.0. The highest BCUT2D eigenvalue weighted by Crippen LogP contribution is 2.24. The molecule has 0 aliphatic carbocycles. The Morgan fingerprint density at radius 2 is 1.68 bits per heavy atom. The zero-order chi connectivity index (χ0) is 24.9. The van der Waals surface area contributed by atoms with Crippen molar-refractivity contribution in [2.45, 2.75) is 13.5 Å². The van der Waals surface area contributed by atoms with Gasteiger partial charge in [-0.3, -0.25) is 9.10 Å². The summed E-state index contributed by atoms with van der Waals surface area (Å²) < 4.78 is 43.9. The Balaban J connectivity index is 1.75. The maximum Gasteiger partial charge on any atom is 0.339 e. The van der Waals surface area contributed by atoms with Crippen molar-refractivity contribution in [1.29, 1.82) is 0 Å². The Labute approximate surface area is 202 Å². The predicted molar refractivity (Wildman–Crippen MR) is 129 cm³/mol. The van der Waals surface area contributed by atoms with E-state index in [1.165, 1.54) is 66.7 Å². The number of rotatable bonds is 8. The van der Waals surface area contributed by atoms with Gasteiger partial charge in [0.05, 0.1) is 35.7 Å². The molecule has 0 aliphatic rings. The van der Waals surface area contributed by atoms with Crippen LogP contribution in [0.1, 0.15) is 33.2 Å². The summed E-state index contributed by atoms with van der Waals surface area (Å²) >= 11 is 6.13. The molecule has 1 N–H and O–H groups in total. The van der Waals surface area contributed by atoms with E-state index in [-0.39, 0.29) is 29.3 Å². The Hall–Kier alpha value is -3.43. The maximum absolute atomic E-state index is 13.2. The molecule has 0 atom stereocenters. The van der Waals surface area contributed by atoms with Crippen molar-refractivity contribution in [3.05, 3.63) is 94.3 Å². The van der Waals surface area contributed by atoms with Crippen LogP contribution in [0.25, 0.3) is 0 Å². The fourth-order valence-corrected chi connectivity index (χ4v) is 4.25. The van der Waals surface area contributed by atoms with E-state index in [1.807, 2.05) is 0 Å². The Kier molecular flexibility index (Phi) is 7.90. The number of esters is 1. The summed E-state index contributed by atoms with van der Waals surface area (Å²) in [5.74, 6) is -1.42. The first-order valence-corrected chi connectivity index (χ1v) is 12.4. The molecule has 0 bridgehead atoms. The van der Waals surface area contributed by atoms with Crippen molar-refractivity contribution < 1.29 is 27.1 Å². The van der Waals surface area contributed by atoms with Crippen molar-refractivity contribution >= 4 is 44.9 Å². The minimum atomic E-state index is -3.64. The van der Waals surface area contributed by atoms with Crippen LogP contribution in [-0.2, 0) is 21.3 Å². The Morgan fingerprint density at radius 3 is 2.24 bits per heavy atom. The molecular formula is C24H22ClFN2O5S. The average Bonchev–Trinajstić information content (AvgIpc) is 2.78. The molecule has 0 saturated carbocycles. The third-order valence-electron chi connectivity index (χ3n) is 4.78. The molecule has 7 nitrogen and oxygen atoms in total. The van der Waals surface area contributed by atoms with Gasteiger partial charge in [0.15, 0.2) is 0 Å². The maximum atomic E-state index is 13.2. The van der Waals surface area contributed by atoms with Crippen LogP contribution in [-0.4, -0.2) is 33.2 Å². The van der Waals surface area contributed by atoms with E-state index in [9.17, 15) is 22.4 Å². The summed E-state index contributed by atoms with van der Waals surface area (Å²) in [6.07, 6.45) is 1.07. The first-order valence-electron chi connectivity index (χ1n) is 10.2. The van der Waals surface area contributed by atoms with E-state index in [0.29, 0.717) is 16.9 Å². The summed E-state index contributed by atoms with van der Waals surface area (Å²) in [4.78, 5) is 24.5. The number of halogens is 2. The lowest BCUT2D eigenvalue weighted by Gasteiger charge is -2.22. The molecular weight excluding hydrogens is 483 g/mol. The number of hydrogen-bond acceptors (Lipinski definition) is 5. The lowest BCUT2D eigenvalue weighted by Crippen LogP contribution is -2.29. The molecule has 1 amide bonds. The van der Waals surface area contributed by atoms with Crippen LogP contribution >= 0.6 is 11.6 Å². The highest BCUT2D eigenvalue weighted by Gasteiger charge is 2.19. The Morgan fingerprint density at radius 1 is 1.03 bits per heavy atom. The van der Waals surface area contributed by atoms with Crippen LogP contribution in [0.2, 0.25) is 5.02 Å². The fraction of sp³-hybridized carbons (Fsp3) is 0.167. The highest BCUT2D eigenvalue weighted by molar-refractivity contribution is 7.92. The van der Waals surface area contributed by atoms with Crippen LogP contribution in [0.5, 0.6) is 0 Å². The number of hydrogen-bond donors (Lipinski definition) is 1. The van der Waals surface area contributed by atoms with E-state index in [2.05, 4.69) is 5.32 Å². The number of sulfonamides is 1. The van der Waals surface area contributed by atoms with Crippen molar-refractivity contribution in [1.82, 2.24) is 0 Å². The normalized spacial score (nSPS) is 11.1. The number of ether oxygens (including phenoxy) is 1. The van der Waals surface area contributed by atoms with E-state index in [0.717, 1.165) is 10.6 Å². The first kappa shape index (κ1) is 25.2. The minimum absolute atomic E-state index is 0.00989. The fourth-order valence-electron chi connectivity index (χ4n) is 3.11. The SMILES string of the molecule is CCOC(=O)c1ccc(NC(=O)c2ccc(N(Cc3ccc(F)cc3)S(C)(=O)=O)cc2)cc1Cl. The van der Waals surface area contributed by atoms with E-state index in [4.69, 9.17) is 16.3 Å². The van der Waals surface area contributed by atoms with Gasteiger partial charge in [0.1, 0.15) is 5.82 Å². The summed E-state index contributed by atoms with van der Waals surface area (Å²) in [5, 5.41) is 2.81. The second-order valence-corrected chi connectivity index (χ2v) is 9.63. The Bertz CT molecular complexity index is 1300. The molecule has 3 aromatic carbocycles. The van der Waals surface area contributed by atoms with Gasteiger partial charge in [0, 0.05) is 11.3 Å². The molecule has 0 fully saturated rings. The lowest BCUT2D eigenvalue weighted by atomic mass is 10.1. The van der Waals surface area contributed by atoms with Gasteiger partial charge in [-0.25, -0.2) is 17.6 Å². The number of benzene rings is 3. The number of nitrogens with zero attached hydrogens (tertiary/aromatic N) is 1.